The molecule has 1 amide bonds. The van der Waals surface area contributed by atoms with Crippen molar-refractivity contribution < 1.29 is 9.53 Å². The van der Waals surface area contributed by atoms with E-state index >= 15 is 0 Å². The largest absolute Gasteiger partial charge is 0.492 e. The van der Waals surface area contributed by atoms with Crippen LogP contribution in [0.4, 0.5) is 5.69 Å². The van der Waals surface area contributed by atoms with E-state index < -0.39 is 0 Å². The van der Waals surface area contributed by atoms with E-state index in [1.54, 1.807) is 0 Å². The van der Waals surface area contributed by atoms with Crippen molar-refractivity contribution in [2.75, 3.05) is 44.2 Å². The Morgan fingerprint density at radius 2 is 1.88 bits per heavy atom. The molecule has 0 spiro atoms. The number of benzene rings is 1. The molecule has 1 aliphatic heterocycles. The van der Waals surface area contributed by atoms with Crippen molar-refractivity contribution in [3.63, 3.8) is 0 Å². The predicted octanol–water partition coefficient (Wildman–Crippen LogP) is 2.90. The molecule has 2 fully saturated rings. The Morgan fingerprint density at radius 1 is 1.15 bits per heavy atom. The number of nitrogens with one attached hydrogen (secondary N) is 1. The summed E-state index contributed by atoms with van der Waals surface area (Å²) in [6.07, 6.45) is 4.92. The third-order valence-corrected chi connectivity index (χ3v) is 5.70. The van der Waals surface area contributed by atoms with Crippen LogP contribution in [0.25, 0.3) is 0 Å². The lowest BCUT2D eigenvalue weighted by Crippen LogP contribution is -2.51. The van der Waals surface area contributed by atoms with Gasteiger partial charge in [0.15, 0.2) is 0 Å². The molecular formula is C21H33N3O2. The summed E-state index contributed by atoms with van der Waals surface area (Å²) < 4.78 is 5.76. The minimum atomic E-state index is 0.187. The molecule has 2 aliphatic rings. The number of rotatable bonds is 6. The maximum atomic E-state index is 12.4. The molecule has 1 aromatic rings. The number of anilines is 1. The van der Waals surface area contributed by atoms with Crippen molar-refractivity contribution in [3.05, 3.63) is 24.3 Å². The molecule has 1 aliphatic carbocycles. The molecule has 144 valence electrons. The van der Waals surface area contributed by atoms with E-state index in [-0.39, 0.29) is 5.91 Å². The summed E-state index contributed by atoms with van der Waals surface area (Å²) in [5, 5.41) is 3.27. The van der Waals surface area contributed by atoms with Crippen LogP contribution < -0.4 is 15.0 Å². The van der Waals surface area contributed by atoms with Gasteiger partial charge in [-0.05, 0) is 37.8 Å². The molecule has 3 rings (SSSR count). The summed E-state index contributed by atoms with van der Waals surface area (Å²) in [7, 11) is 0. The monoisotopic (exact) mass is 359 g/mol. The summed E-state index contributed by atoms with van der Waals surface area (Å²) in [5.41, 5.74) is 1.16. The molecule has 1 saturated carbocycles. The van der Waals surface area contributed by atoms with Crippen LogP contribution in [0.2, 0.25) is 0 Å². The lowest BCUT2D eigenvalue weighted by atomic mass is 9.86. The summed E-state index contributed by atoms with van der Waals surface area (Å²) in [6.45, 7) is 9.15. The third-order valence-electron chi connectivity index (χ3n) is 5.70. The van der Waals surface area contributed by atoms with Crippen LogP contribution in [0.5, 0.6) is 5.75 Å². The zero-order valence-corrected chi connectivity index (χ0v) is 16.2. The first-order chi connectivity index (χ1) is 12.7. The maximum Gasteiger partial charge on any atom is 0.234 e. The zero-order valence-electron chi connectivity index (χ0n) is 16.2. The molecular weight excluding hydrogens is 326 g/mol. The van der Waals surface area contributed by atoms with Crippen molar-refractivity contribution in [3.8, 4) is 5.75 Å². The van der Waals surface area contributed by atoms with E-state index in [1.165, 1.54) is 19.3 Å². The normalized spacial score (nSPS) is 24.3. The van der Waals surface area contributed by atoms with E-state index in [0.29, 0.717) is 25.1 Å². The SMILES string of the molecule is CCOc1ccccc1N1CCN(CC(=O)N[C@H]2CCCC[C@H]2C)CC1. The Labute approximate surface area is 157 Å². The molecule has 0 unspecified atom stereocenters. The fourth-order valence-electron chi connectivity index (χ4n) is 4.13. The topological polar surface area (TPSA) is 44.8 Å². The van der Waals surface area contributed by atoms with Gasteiger partial charge in [-0.15, -0.1) is 0 Å². The number of amides is 1. The van der Waals surface area contributed by atoms with E-state index in [0.717, 1.165) is 44.0 Å². The Bertz CT molecular complexity index is 584. The van der Waals surface area contributed by atoms with Gasteiger partial charge in [0, 0.05) is 32.2 Å². The first-order valence-corrected chi connectivity index (χ1v) is 10.2. The van der Waals surface area contributed by atoms with Crippen LogP contribution in [0, 0.1) is 5.92 Å². The van der Waals surface area contributed by atoms with Gasteiger partial charge < -0.3 is 15.0 Å². The lowest BCUT2D eigenvalue weighted by Gasteiger charge is -2.37. The van der Waals surface area contributed by atoms with E-state index in [4.69, 9.17) is 4.74 Å². The molecule has 5 nitrogen and oxygen atoms in total. The Hall–Kier alpha value is -1.75. The highest BCUT2D eigenvalue weighted by molar-refractivity contribution is 5.78. The second-order valence-corrected chi connectivity index (χ2v) is 7.60. The molecule has 1 aromatic carbocycles. The van der Waals surface area contributed by atoms with Gasteiger partial charge in [0.25, 0.3) is 0 Å². The van der Waals surface area contributed by atoms with Gasteiger partial charge in [0.2, 0.25) is 5.91 Å². The van der Waals surface area contributed by atoms with Crippen molar-refractivity contribution >= 4 is 11.6 Å². The minimum Gasteiger partial charge on any atom is -0.492 e. The summed E-state index contributed by atoms with van der Waals surface area (Å²) in [5.74, 6) is 1.75. The van der Waals surface area contributed by atoms with Gasteiger partial charge in [0.1, 0.15) is 5.75 Å². The van der Waals surface area contributed by atoms with E-state index in [9.17, 15) is 4.79 Å². The molecule has 5 heteroatoms. The average molecular weight is 360 g/mol. The Kier molecular flexibility index (Phi) is 6.78. The summed E-state index contributed by atoms with van der Waals surface area (Å²) in [6, 6.07) is 8.60. The number of hydrogen-bond acceptors (Lipinski definition) is 4. The van der Waals surface area contributed by atoms with Gasteiger partial charge in [-0.25, -0.2) is 0 Å². The van der Waals surface area contributed by atoms with Crippen LogP contribution in [0.3, 0.4) is 0 Å². The van der Waals surface area contributed by atoms with Crippen LogP contribution in [0.15, 0.2) is 24.3 Å². The second kappa shape index (κ2) is 9.26. The van der Waals surface area contributed by atoms with Crippen LogP contribution in [-0.2, 0) is 4.79 Å². The van der Waals surface area contributed by atoms with Crippen molar-refractivity contribution in [2.24, 2.45) is 5.92 Å². The number of nitrogens with zero attached hydrogens (tertiary/aromatic N) is 2. The fourth-order valence-corrected chi connectivity index (χ4v) is 4.13. The van der Waals surface area contributed by atoms with Crippen LogP contribution >= 0.6 is 0 Å². The molecule has 1 saturated heterocycles. The molecule has 26 heavy (non-hydrogen) atoms. The number of para-hydroxylation sites is 2. The summed E-state index contributed by atoms with van der Waals surface area (Å²) >= 11 is 0. The Morgan fingerprint density at radius 3 is 2.62 bits per heavy atom. The minimum absolute atomic E-state index is 0.187. The highest BCUT2D eigenvalue weighted by Crippen LogP contribution is 2.29. The van der Waals surface area contributed by atoms with Gasteiger partial charge >= 0.3 is 0 Å². The fraction of sp³-hybridized carbons (Fsp3) is 0.667. The molecule has 2 atom stereocenters. The third kappa shape index (κ3) is 4.91. The van der Waals surface area contributed by atoms with Gasteiger partial charge in [-0.3, -0.25) is 9.69 Å². The quantitative estimate of drug-likeness (QED) is 0.848. The van der Waals surface area contributed by atoms with E-state index in [2.05, 4.69) is 34.2 Å². The summed E-state index contributed by atoms with van der Waals surface area (Å²) in [4.78, 5) is 17.1. The first-order valence-electron chi connectivity index (χ1n) is 10.2. The molecule has 1 N–H and O–H groups in total. The van der Waals surface area contributed by atoms with Gasteiger partial charge in [-0.2, -0.15) is 0 Å². The number of carbonyl (C=O) groups is 1. The number of ether oxygens (including phenoxy) is 1. The second-order valence-electron chi connectivity index (χ2n) is 7.60. The van der Waals surface area contributed by atoms with Gasteiger partial charge in [0.05, 0.1) is 18.8 Å². The number of hydrogen-bond donors (Lipinski definition) is 1. The Balaban J connectivity index is 1.47. The predicted molar refractivity (Wildman–Crippen MR) is 106 cm³/mol. The van der Waals surface area contributed by atoms with Crippen LogP contribution in [-0.4, -0.2) is 56.2 Å². The number of carbonyl (C=O) groups excluding carboxylic acids is 1. The van der Waals surface area contributed by atoms with Crippen molar-refractivity contribution in [1.29, 1.82) is 0 Å². The van der Waals surface area contributed by atoms with Crippen molar-refractivity contribution in [2.45, 2.75) is 45.6 Å². The molecule has 0 bridgehead atoms. The first kappa shape index (κ1) is 19.0. The zero-order chi connectivity index (χ0) is 18.4. The van der Waals surface area contributed by atoms with E-state index in [1.807, 2.05) is 19.1 Å². The average Bonchev–Trinajstić information content (AvgIpc) is 2.65. The molecule has 0 radical (unpaired) electrons. The molecule has 0 aromatic heterocycles. The van der Waals surface area contributed by atoms with Gasteiger partial charge in [-0.1, -0.05) is 31.9 Å². The lowest BCUT2D eigenvalue weighted by molar-refractivity contribution is -0.123. The highest BCUT2D eigenvalue weighted by atomic mass is 16.5. The smallest absolute Gasteiger partial charge is 0.234 e. The standard InChI is InChI=1S/C21H33N3O2/c1-3-26-20-11-7-6-10-19(20)24-14-12-23(13-15-24)16-21(25)22-18-9-5-4-8-17(18)2/h6-7,10-11,17-18H,3-5,8-9,12-16H2,1-2H3,(H,22,25)/t17-,18+/m1/s1. The maximum absolute atomic E-state index is 12.4. The van der Waals surface area contributed by atoms with Crippen molar-refractivity contribution in [1.82, 2.24) is 10.2 Å². The van der Waals surface area contributed by atoms with Crippen LogP contribution in [0.1, 0.15) is 39.5 Å². The molecule has 1 heterocycles. The number of piperazine rings is 1. The highest BCUT2D eigenvalue weighted by Gasteiger charge is 2.25.